The first-order valence-electron chi connectivity index (χ1n) is 8.21. The largest absolute Gasteiger partial charge is 1.00 e. The molecule has 146 valence electrons. The molecule has 0 aliphatic carbocycles. The Balaban J connectivity index is 0.00000225. The van der Waals surface area contributed by atoms with E-state index in [4.69, 9.17) is 0 Å². The van der Waals surface area contributed by atoms with Crippen LogP contribution < -0.4 is 59.1 Å². The van der Waals surface area contributed by atoms with Crippen molar-refractivity contribution in [1.82, 2.24) is 0 Å². The van der Waals surface area contributed by atoms with E-state index in [0.29, 0.717) is 5.56 Å². The van der Waals surface area contributed by atoms with Gasteiger partial charge in [-0.05, 0) is 42.7 Å². The average molecular weight is 462 g/mol. The van der Waals surface area contributed by atoms with Gasteiger partial charge in [0.25, 0.3) is 0 Å². The SMILES string of the molecule is Cc1ccc(C)c(-c2ccc(-c3ccccc3S(=O)(=O)[O-])c(S(=O)(=O)[O-])c2)c1.[Na+].[Na+]. The summed E-state index contributed by atoms with van der Waals surface area (Å²) in [7, 11) is -9.81. The third-order valence-electron chi connectivity index (χ3n) is 4.40. The first kappa shape index (κ1) is 27.5. The molecule has 0 N–H and O–H groups in total. The van der Waals surface area contributed by atoms with E-state index in [2.05, 4.69) is 0 Å². The van der Waals surface area contributed by atoms with Crippen molar-refractivity contribution in [3.05, 3.63) is 71.8 Å². The molecule has 0 bridgehead atoms. The topological polar surface area (TPSA) is 114 Å². The van der Waals surface area contributed by atoms with Gasteiger partial charge in [-0.25, -0.2) is 16.8 Å². The molecule has 0 aliphatic heterocycles. The van der Waals surface area contributed by atoms with Crippen LogP contribution in [0.5, 0.6) is 0 Å². The number of hydrogen-bond acceptors (Lipinski definition) is 6. The summed E-state index contributed by atoms with van der Waals surface area (Å²) < 4.78 is 70.5. The van der Waals surface area contributed by atoms with Crippen LogP contribution in [0.1, 0.15) is 11.1 Å². The zero-order chi connectivity index (χ0) is 20.7. The van der Waals surface area contributed by atoms with E-state index in [-0.39, 0.29) is 70.2 Å². The Hall–Kier alpha value is -0.520. The molecule has 0 saturated heterocycles. The van der Waals surface area contributed by atoms with Crippen molar-refractivity contribution < 1.29 is 85.1 Å². The molecule has 0 saturated carbocycles. The molecule has 0 fully saturated rings. The van der Waals surface area contributed by atoms with Crippen molar-refractivity contribution in [2.24, 2.45) is 0 Å². The minimum absolute atomic E-state index is 0. The predicted octanol–water partition coefficient (Wildman–Crippen LogP) is -2.55. The zero-order valence-corrected chi connectivity index (χ0v) is 22.7. The fourth-order valence-corrected chi connectivity index (χ4v) is 4.48. The number of aryl methyl sites for hydroxylation is 2. The molecular weight excluding hydrogens is 446 g/mol. The van der Waals surface area contributed by atoms with Crippen LogP contribution in [0.15, 0.2) is 70.5 Å². The second kappa shape index (κ2) is 10.4. The van der Waals surface area contributed by atoms with E-state index in [1.807, 2.05) is 32.0 Å². The number of rotatable bonds is 4. The van der Waals surface area contributed by atoms with E-state index in [9.17, 15) is 25.9 Å². The Labute approximate surface area is 220 Å². The van der Waals surface area contributed by atoms with Crippen molar-refractivity contribution >= 4 is 20.2 Å². The van der Waals surface area contributed by atoms with Gasteiger partial charge in [0.1, 0.15) is 20.2 Å². The molecule has 3 rings (SSSR count). The van der Waals surface area contributed by atoms with Crippen LogP contribution in [0.25, 0.3) is 22.3 Å². The van der Waals surface area contributed by atoms with Crippen LogP contribution in [0.4, 0.5) is 0 Å². The van der Waals surface area contributed by atoms with Crippen molar-refractivity contribution in [2.45, 2.75) is 23.6 Å². The molecule has 0 heterocycles. The summed E-state index contributed by atoms with van der Waals surface area (Å²) in [4.78, 5) is -1.17. The Kier molecular flexibility index (Phi) is 9.54. The van der Waals surface area contributed by atoms with Crippen molar-refractivity contribution in [3.63, 3.8) is 0 Å². The zero-order valence-electron chi connectivity index (χ0n) is 17.0. The number of hydrogen-bond donors (Lipinski definition) is 0. The second-order valence-electron chi connectivity index (χ2n) is 6.43. The summed E-state index contributed by atoms with van der Waals surface area (Å²) >= 11 is 0. The van der Waals surface area contributed by atoms with E-state index >= 15 is 0 Å². The molecule has 3 aromatic carbocycles. The van der Waals surface area contributed by atoms with Crippen molar-refractivity contribution in [3.8, 4) is 22.3 Å². The van der Waals surface area contributed by atoms with Gasteiger partial charge in [-0.1, -0.05) is 54.1 Å². The van der Waals surface area contributed by atoms with E-state index in [1.165, 1.54) is 30.3 Å². The second-order valence-corrected chi connectivity index (χ2v) is 9.13. The summed E-state index contributed by atoms with van der Waals surface area (Å²) in [5.74, 6) is 0. The molecule has 30 heavy (non-hydrogen) atoms. The molecular formula is C20H16Na2O6S2. The Morgan fingerprint density at radius 2 is 1.20 bits per heavy atom. The molecule has 3 aromatic rings. The Bertz CT molecular complexity index is 1290. The van der Waals surface area contributed by atoms with Gasteiger partial charge in [-0.15, -0.1) is 0 Å². The van der Waals surface area contributed by atoms with Crippen LogP contribution in [0.3, 0.4) is 0 Å². The van der Waals surface area contributed by atoms with Gasteiger partial charge in [-0.3, -0.25) is 0 Å². The molecule has 0 radical (unpaired) electrons. The molecule has 0 amide bonds. The normalized spacial score (nSPS) is 11.3. The van der Waals surface area contributed by atoms with Gasteiger partial charge in [0.15, 0.2) is 0 Å². The maximum absolute atomic E-state index is 11.9. The van der Waals surface area contributed by atoms with Gasteiger partial charge >= 0.3 is 59.1 Å². The van der Waals surface area contributed by atoms with Crippen molar-refractivity contribution in [2.75, 3.05) is 0 Å². The molecule has 6 nitrogen and oxygen atoms in total. The Morgan fingerprint density at radius 1 is 0.633 bits per heavy atom. The molecule has 0 unspecified atom stereocenters. The maximum atomic E-state index is 11.9. The first-order valence-corrected chi connectivity index (χ1v) is 11.0. The van der Waals surface area contributed by atoms with Gasteiger partial charge in [-0.2, -0.15) is 0 Å². The summed E-state index contributed by atoms with van der Waals surface area (Å²) in [5.41, 5.74) is 2.84. The summed E-state index contributed by atoms with van der Waals surface area (Å²) in [6, 6.07) is 15.0. The van der Waals surface area contributed by atoms with E-state index < -0.39 is 30.0 Å². The number of benzene rings is 3. The van der Waals surface area contributed by atoms with Gasteiger partial charge in [0, 0.05) is 11.1 Å². The third kappa shape index (κ3) is 6.04. The molecule has 0 aliphatic rings. The van der Waals surface area contributed by atoms with Gasteiger partial charge in [0.2, 0.25) is 0 Å². The fraction of sp³-hybridized carbons (Fsp3) is 0.100. The van der Waals surface area contributed by atoms with Crippen LogP contribution in [-0.2, 0) is 20.2 Å². The van der Waals surface area contributed by atoms with E-state index in [0.717, 1.165) is 22.8 Å². The monoisotopic (exact) mass is 462 g/mol. The third-order valence-corrected chi connectivity index (χ3v) is 6.17. The van der Waals surface area contributed by atoms with Gasteiger partial charge in [0.05, 0.1) is 9.79 Å². The minimum Gasteiger partial charge on any atom is -0.744 e. The molecule has 10 heteroatoms. The van der Waals surface area contributed by atoms with E-state index in [1.54, 1.807) is 6.07 Å². The first-order chi connectivity index (χ1) is 13.0. The minimum atomic E-state index is -4.94. The quantitative estimate of drug-likeness (QED) is 0.312. The van der Waals surface area contributed by atoms with Gasteiger partial charge < -0.3 is 9.11 Å². The van der Waals surface area contributed by atoms with Crippen LogP contribution in [0, 0.1) is 13.8 Å². The summed E-state index contributed by atoms with van der Waals surface area (Å²) in [6.45, 7) is 3.74. The van der Waals surface area contributed by atoms with Crippen LogP contribution in [-0.4, -0.2) is 25.9 Å². The summed E-state index contributed by atoms with van der Waals surface area (Å²) in [6.07, 6.45) is 0. The molecule has 0 spiro atoms. The standard InChI is InChI=1S/C20H18O6S2.2Na/c1-13-7-8-14(2)18(11-13)15-9-10-17(20(12-15)28(24,25)26)16-5-3-4-6-19(16)27(21,22)23;;/h3-12H,1-2H3,(H,21,22,23)(H,24,25,26);;/q;2*+1/p-2. The fourth-order valence-electron chi connectivity index (χ4n) is 3.07. The smallest absolute Gasteiger partial charge is 0.744 e. The van der Waals surface area contributed by atoms with Crippen LogP contribution in [0.2, 0.25) is 0 Å². The maximum Gasteiger partial charge on any atom is 1.00 e. The van der Waals surface area contributed by atoms with Crippen molar-refractivity contribution in [1.29, 1.82) is 0 Å². The summed E-state index contributed by atoms with van der Waals surface area (Å²) in [5, 5.41) is 0. The van der Waals surface area contributed by atoms with Crippen LogP contribution >= 0.6 is 0 Å². The molecule has 0 aromatic heterocycles. The molecule has 0 atom stereocenters. The Morgan fingerprint density at radius 3 is 1.80 bits per heavy atom. The predicted molar refractivity (Wildman–Crippen MR) is 103 cm³/mol. The average Bonchev–Trinajstić information content (AvgIpc) is 2.62.